The molecule has 0 bridgehead atoms. The molecule has 0 aliphatic carbocycles. The van der Waals surface area contributed by atoms with Crippen LogP contribution in [0.1, 0.15) is 0 Å². The second-order valence-corrected chi connectivity index (χ2v) is 1.01. The van der Waals surface area contributed by atoms with E-state index in [2.05, 4.69) is 23.1 Å². The third kappa shape index (κ3) is 0.652. The molecule has 35 valence electrons. The normalized spacial score (nSPS) is 8.57. The fourth-order valence-electron chi connectivity index (χ4n) is 0.277. The van der Waals surface area contributed by atoms with E-state index in [-0.39, 0.29) is 0 Å². The van der Waals surface area contributed by atoms with Gasteiger partial charge in [0.05, 0.1) is 6.20 Å². The van der Waals surface area contributed by atoms with Gasteiger partial charge in [0.1, 0.15) is 6.20 Å². The first-order valence-electron chi connectivity index (χ1n) is 1.84. The van der Waals surface area contributed by atoms with Gasteiger partial charge < -0.3 is 0 Å². The maximum absolute atomic E-state index is 3.53. The second kappa shape index (κ2) is 1.55. The molecule has 0 spiro atoms. The van der Waals surface area contributed by atoms with Gasteiger partial charge in [-0.3, -0.25) is 0 Å². The van der Waals surface area contributed by atoms with Gasteiger partial charge in [0.15, 0.2) is 0 Å². The third-order valence-corrected chi connectivity index (χ3v) is 0.583. The molecular formula is C4H4N3. The van der Waals surface area contributed by atoms with Gasteiger partial charge in [-0.05, 0) is 0 Å². The molecule has 0 aliphatic heterocycles. The van der Waals surface area contributed by atoms with Crippen LogP contribution in [0.2, 0.25) is 0 Å². The predicted octanol–water partition coefficient (Wildman–Crippen LogP) is 0.179. The zero-order chi connectivity index (χ0) is 5.11. The van der Waals surface area contributed by atoms with E-state index in [4.69, 9.17) is 0 Å². The summed E-state index contributed by atoms with van der Waals surface area (Å²) in [5, 5.41) is 6.94. The first kappa shape index (κ1) is 4.05. The summed E-state index contributed by atoms with van der Waals surface area (Å²) in [6.07, 6.45) is 5.65. The molecule has 7 heavy (non-hydrogen) atoms. The first-order chi connectivity index (χ1) is 3.43. The van der Waals surface area contributed by atoms with Crippen LogP contribution in [-0.4, -0.2) is 15.0 Å². The molecule has 0 amide bonds. The molecule has 0 fully saturated rings. The Morgan fingerprint density at radius 2 is 2.71 bits per heavy atom. The van der Waals surface area contributed by atoms with Crippen LogP contribution in [0.5, 0.6) is 0 Å². The van der Waals surface area contributed by atoms with Gasteiger partial charge in [0.2, 0.25) is 0 Å². The van der Waals surface area contributed by atoms with Crippen LogP contribution in [0, 0.1) is 6.20 Å². The van der Waals surface area contributed by atoms with Crippen molar-refractivity contribution >= 4 is 6.20 Å². The molecule has 1 rings (SSSR count). The van der Waals surface area contributed by atoms with E-state index in [0.717, 1.165) is 0 Å². The van der Waals surface area contributed by atoms with Crippen molar-refractivity contribution < 1.29 is 0 Å². The van der Waals surface area contributed by atoms with Crippen LogP contribution in [0.15, 0.2) is 12.8 Å². The highest BCUT2D eigenvalue weighted by molar-refractivity contribution is 5.10. The lowest BCUT2D eigenvalue weighted by molar-refractivity contribution is 0.841. The molecule has 1 heterocycles. The Balaban J connectivity index is 2.96. The average Bonchev–Trinajstić information content (AvgIpc) is 2.14. The Kier molecular flexibility index (Phi) is 0.898. The third-order valence-electron chi connectivity index (χ3n) is 0.583. The van der Waals surface area contributed by atoms with Crippen molar-refractivity contribution in [2.75, 3.05) is 0 Å². The maximum atomic E-state index is 3.53. The monoisotopic (exact) mass is 94.0 g/mol. The van der Waals surface area contributed by atoms with Crippen LogP contribution in [0.3, 0.4) is 0 Å². The fourth-order valence-corrected chi connectivity index (χ4v) is 0.277. The highest BCUT2D eigenvalue weighted by atomic mass is 15.4. The van der Waals surface area contributed by atoms with Gasteiger partial charge >= 0.3 is 0 Å². The summed E-state index contributed by atoms with van der Waals surface area (Å²) in [5.41, 5.74) is 0. The second-order valence-electron chi connectivity index (χ2n) is 1.01. The lowest BCUT2D eigenvalue weighted by Crippen LogP contribution is -1.83. The Labute approximate surface area is 41.3 Å². The van der Waals surface area contributed by atoms with Crippen molar-refractivity contribution in [1.29, 1.82) is 0 Å². The Bertz CT molecular complexity index is 142. The number of hydrogen-bond acceptors (Lipinski definition) is 2. The molecule has 0 unspecified atom stereocenters. The topological polar surface area (TPSA) is 30.7 Å². The summed E-state index contributed by atoms with van der Waals surface area (Å²) in [7, 11) is 0. The van der Waals surface area contributed by atoms with E-state index < -0.39 is 0 Å². The van der Waals surface area contributed by atoms with Crippen molar-refractivity contribution in [2.24, 2.45) is 0 Å². The van der Waals surface area contributed by atoms with E-state index >= 15 is 0 Å². The number of hydrogen-bond donors (Lipinski definition) is 0. The van der Waals surface area contributed by atoms with E-state index in [9.17, 15) is 0 Å². The molecular weight excluding hydrogens is 90.1 g/mol. The highest BCUT2D eigenvalue weighted by Crippen LogP contribution is 1.74. The number of nitrogens with zero attached hydrogens (tertiary/aromatic N) is 3. The molecule has 1 aromatic rings. The van der Waals surface area contributed by atoms with Gasteiger partial charge in [-0.1, -0.05) is 11.8 Å². The number of rotatable bonds is 1. The smallest absolute Gasteiger partial charge is 0.135 e. The van der Waals surface area contributed by atoms with Crippen LogP contribution in [-0.2, 0) is 0 Å². The molecule has 1 radical (unpaired) electrons. The maximum Gasteiger partial charge on any atom is 0.135 e. The summed E-state index contributed by atoms with van der Waals surface area (Å²) < 4.78 is 1.47. The van der Waals surface area contributed by atoms with Gasteiger partial charge in [-0.15, -0.1) is 5.10 Å². The lowest BCUT2D eigenvalue weighted by atomic mass is 10.9. The molecule has 0 atom stereocenters. The van der Waals surface area contributed by atoms with Crippen molar-refractivity contribution in [3.8, 4) is 0 Å². The molecule has 3 nitrogen and oxygen atoms in total. The van der Waals surface area contributed by atoms with Crippen LogP contribution in [0.25, 0.3) is 6.20 Å². The number of aromatic nitrogens is 3. The summed E-state index contributed by atoms with van der Waals surface area (Å²) in [4.78, 5) is 0. The van der Waals surface area contributed by atoms with Gasteiger partial charge in [0.25, 0.3) is 0 Å². The molecule has 3 heteroatoms. The minimum atomic E-state index is 1.47. The Morgan fingerprint density at radius 3 is 3.00 bits per heavy atom. The average molecular weight is 94.1 g/mol. The quantitative estimate of drug-likeness (QED) is 0.497. The van der Waals surface area contributed by atoms with E-state index in [1.807, 2.05) is 0 Å². The molecule has 0 aliphatic rings. The standard InChI is InChI=1S/C4H4N3/c1-2-7-4-3-5-6-7/h2,4H,1H2. The largest absolute Gasteiger partial charge is 0.228 e. The first-order valence-corrected chi connectivity index (χ1v) is 1.84. The molecule has 1 aromatic heterocycles. The van der Waals surface area contributed by atoms with Crippen molar-refractivity contribution in [3.63, 3.8) is 0 Å². The summed E-state index contributed by atoms with van der Waals surface area (Å²) in [6.45, 7) is 3.44. The summed E-state index contributed by atoms with van der Waals surface area (Å²) in [6, 6.07) is 0. The zero-order valence-corrected chi connectivity index (χ0v) is 3.70. The SMILES string of the molecule is C=Cn1c[c]nn1. The zero-order valence-electron chi connectivity index (χ0n) is 3.70. The fraction of sp³-hybridized carbons (Fsp3) is 0. The minimum absolute atomic E-state index is 1.47. The Hall–Kier alpha value is -1.12. The summed E-state index contributed by atoms with van der Waals surface area (Å²) >= 11 is 0. The highest BCUT2D eigenvalue weighted by Gasteiger charge is 1.76. The van der Waals surface area contributed by atoms with Crippen LogP contribution in [0.4, 0.5) is 0 Å². The molecule has 0 saturated heterocycles. The minimum Gasteiger partial charge on any atom is -0.228 e. The van der Waals surface area contributed by atoms with Gasteiger partial charge in [-0.2, -0.15) is 0 Å². The van der Waals surface area contributed by atoms with E-state index in [1.54, 1.807) is 12.4 Å². The van der Waals surface area contributed by atoms with Gasteiger partial charge in [0, 0.05) is 6.20 Å². The van der Waals surface area contributed by atoms with E-state index in [0.29, 0.717) is 0 Å². The van der Waals surface area contributed by atoms with Crippen molar-refractivity contribution in [2.45, 2.75) is 0 Å². The lowest BCUT2D eigenvalue weighted by Gasteiger charge is -1.78. The molecule has 0 N–H and O–H groups in total. The summed E-state index contributed by atoms with van der Waals surface area (Å²) in [5.74, 6) is 0. The van der Waals surface area contributed by atoms with Gasteiger partial charge in [-0.25, -0.2) is 4.68 Å². The predicted molar refractivity (Wildman–Crippen MR) is 25.2 cm³/mol. The van der Waals surface area contributed by atoms with Crippen LogP contribution < -0.4 is 0 Å². The van der Waals surface area contributed by atoms with Crippen molar-refractivity contribution in [1.82, 2.24) is 15.0 Å². The van der Waals surface area contributed by atoms with E-state index in [1.165, 1.54) is 4.68 Å². The van der Waals surface area contributed by atoms with Crippen molar-refractivity contribution in [3.05, 3.63) is 19.0 Å². The Morgan fingerprint density at radius 1 is 1.86 bits per heavy atom. The molecule has 0 saturated carbocycles. The molecule has 0 aromatic carbocycles. The van der Waals surface area contributed by atoms with Crippen LogP contribution >= 0.6 is 0 Å².